The minimum Gasteiger partial charge on any atom is -0.377 e. The lowest BCUT2D eigenvalue weighted by atomic mass is 9.76. The molecule has 1 aromatic carbocycles. The predicted molar refractivity (Wildman–Crippen MR) is 111 cm³/mol. The highest BCUT2D eigenvalue weighted by Crippen LogP contribution is 2.50. The van der Waals surface area contributed by atoms with Crippen LogP contribution in [0.2, 0.25) is 0 Å². The molecule has 0 radical (unpaired) electrons. The fourth-order valence-corrected chi connectivity index (χ4v) is 5.07. The smallest absolute Gasteiger partial charge is 0.255 e. The van der Waals surface area contributed by atoms with Gasteiger partial charge in [0.15, 0.2) is 0 Å². The van der Waals surface area contributed by atoms with Crippen molar-refractivity contribution in [3.63, 3.8) is 0 Å². The summed E-state index contributed by atoms with van der Waals surface area (Å²) in [5, 5.41) is 3.75. The van der Waals surface area contributed by atoms with Crippen molar-refractivity contribution in [2.75, 3.05) is 18.4 Å². The number of nitrogens with zero attached hydrogens (tertiary/aromatic N) is 2. The molecule has 1 fully saturated rings. The number of piperidine rings is 1. The van der Waals surface area contributed by atoms with Crippen LogP contribution in [0.5, 0.6) is 0 Å². The summed E-state index contributed by atoms with van der Waals surface area (Å²) in [6.45, 7) is 4.00. The Morgan fingerprint density at radius 1 is 1.18 bits per heavy atom. The summed E-state index contributed by atoms with van der Waals surface area (Å²) < 4.78 is 0. The molecule has 3 atom stereocenters. The van der Waals surface area contributed by atoms with Gasteiger partial charge in [0.05, 0.1) is 17.3 Å². The number of carbonyl (C=O) groups is 1. The summed E-state index contributed by atoms with van der Waals surface area (Å²) in [4.78, 5) is 19.7. The monoisotopic (exact) mass is 373 g/mol. The Balaban J connectivity index is 1.53. The molecule has 1 saturated heterocycles. The summed E-state index contributed by atoms with van der Waals surface area (Å²) in [7, 11) is 0. The molecule has 0 spiro atoms. The van der Waals surface area contributed by atoms with Crippen molar-refractivity contribution in [2.24, 2.45) is 11.8 Å². The Bertz CT molecular complexity index is 899. The molecule has 3 aliphatic rings. The summed E-state index contributed by atoms with van der Waals surface area (Å²) in [5.41, 5.74) is 4.29. The number of allylic oxidation sites excluding steroid dienone is 2. The van der Waals surface area contributed by atoms with Crippen LogP contribution in [-0.4, -0.2) is 28.9 Å². The third-order valence-electron chi connectivity index (χ3n) is 6.74. The van der Waals surface area contributed by atoms with Crippen LogP contribution in [0.4, 0.5) is 5.69 Å². The number of rotatable bonds is 2. The molecule has 28 heavy (non-hydrogen) atoms. The molecule has 1 aromatic heterocycles. The van der Waals surface area contributed by atoms with Crippen LogP contribution < -0.4 is 5.32 Å². The molecule has 4 nitrogen and oxygen atoms in total. The molecular formula is C24H27N3O. The number of carbonyl (C=O) groups excluding carboxylic acids is 1. The van der Waals surface area contributed by atoms with Crippen molar-refractivity contribution in [3.05, 3.63) is 71.6 Å². The molecule has 3 heterocycles. The second-order valence-electron chi connectivity index (χ2n) is 8.51. The van der Waals surface area contributed by atoms with Gasteiger partial charge in [-0.2, -0.15) is 0 Å². The highest BCUT2D eigenvalue weighted by Gasteiger charge is 2.39. The number of benzene rings is 1. The van der Waals surface area contributed by atoms with Gasteiger partial charge in [0.2, 0.25) is 0 Å². The van der Waals surface area contributed by atoms with E-state index in [0.717, 1.165) is 43.6 Å². The van der Waals surface area contributed by atoms with Crippen molar-refractivity contribution < 1.29 is 4.79 Å². The minimum absolute atomic E-state index is 0.168. The number of amides is 1. The molecule has 0 bridgehead atoms. The van der Waals surface area contributed by atoms with E-state index in [1.807, 2.05) is 35.5 Å². The van der Waals surface area contributed by atoms with Crippen molar-refractivity contribution in [2.45, 2.75) is 38.1 Å². The third-order valence-corrected chi connectivity index (χ3v) is 6.74. The zero-order valence-corrected chi connectivity index (χ0v) is 16.3. The molecule has 2 aromatic rings. The van der Waals surface area contributed by atoms with Crippen molar-refractivity contribution in [3.8, 4) is 0 Å². The molecule has 1 aliphatic carbocycles. The fraction of sp³-hybridized carbons (Fsp3) is 0.417. The number of fused-ring (bicyclic) bond motifs is 3. The average molecular weight is 374 g/mol. The van der Waals surface area contributed by atoms with Gasteiger partial charge in [0, 0.05) is 31.4 Å². The lowest BCUT2D eigenvalue weighted by Gasteiger charge is -2.39. The second kappa shape index (κ2) is 7.08. The van der Waals surface area contributed by atoms with Gasteiger partial charge >= 0.3 is 0 Å². The zero-order chi connectivity index (χ0) is 19.1. The lowest BCUT2D eigenvalue weighted by Crippen LogP contribution is -2.39. The van der Waals surface area contributed by atoms with Gasteiger partial charge in [-0.1, -0.05) is 37.3 Å². The van der Waals surface area contributed by atoms with Crippen LogP contribution in [-0.2, 0) is 0 Å². The summed E-state index contributed by atoms with van der Waals surface area (Å²) >= 11 is 0. The second-order valence-corrected chi connectivity index (χ2v) is 8.51. The highest BCUT2D eigenvalue weighted by molar-refractivity contribution is 6.01. The van der Waals surface area contributed by atoms with E-state index in [-0.39, 0.29) is 11.9 Å². The molecule has 4 heteroatoms. The molecular weight excluding hydrogens is 346 g/mol. The van der Waals surface area contributed by atoms with Crippen LogP contribution in [0, 0.1) is 11.8 Å². The SMILES string of the molecule is CC1CCN(C(=O)c2cccc3c2NC(c2cccnc2)C2CC=CC32)CC1. The first-order valence-electron chi connectivity index (χ1n) is 10.5. The number of anilines is 1. The van der Waals surface area contributed by atoms with E-state index in [1.54, 1.807) is 0 Å². The fourth-order valence-electron chi connectivity index (χ4n) is 5.07. The molecule has 1 N–H and O–H groups in total. The number of aromatic nitrogens is 1. The number of hydrogen-bond donors (Lipinski definition) is 1. The largest absolute Gasteiger partial charge is 0.377 e. The van der Waals surface area contributed by atoms with Gasteiger partial charge in [-0.05, 0) is 54.4 Å². The summed E-state index contributed by atoms with van der Waals surface area (Å²) in [5.74, 6) is 1.71. The summed E-state index contributed by atoms with van der Waals surface area (Å²) in [6, 6.07) is 10.5. The van der Waals surface area contributed by atoms with Gasteiger partial charge in [0.25, 0.3) is 5.91 Å². The maximum Gasteiger partial charge on any atom is 0.255 e. The van der Waals surface area contributed by atoms with E-state index >= 15 is 0 Å². The van der Waals surface area contributed by atoms with Crippen LogP contribution in [0.3, 0.4) is 0 Å². The lowest BCUT2D eigenvalue weighted by molar-refractivity contribution is 0.0698. The first-order valence-corrected chi connectivity index (χ1v) is 10.5. The Kier molecular flexibility index (Phi) is 4.42. The molecule has 2 aliphatic heterocycles. The van der Waals surface area contributed by atoms with Crippen LogP contribution in [0.25, 0.3) is 0 Å². The average Bonchev–Trinajstić information content (AvgIpc) is 3.24. The standard InChI is InChI=1S/C24H27N3O/c1-16-10-13-27(14-11-16)24(28)21-9-3-8-20-18-6-2-7-19(18)22(26-23(20)21)17-5-4-12-25-15-17/h2-6,8-9,12,15-16,18-19,22,26H,7,10-11,13-14H2,1H3. The van der Waals surface area contributed by atoms with Crippen LogP contribution >= 0.6 is 0 Å². The maximum absolute atomic E-state index is 13.4. The predicted octanol–water partition coefficient (Wildman–Crippen LogP) is 4.78. The van der Waals surface area contributed by atoms with Gasteiger partial charge in [-0.25, -0.2) is 0 Å². The topological polar surface area (TPSA) is 45.2 Å². The van der Waals surface area contributed by atoms with Gasteiger partial charge in [0.1, 0.15) is 0 Å². The van der Waals surface area contributed by atoms with E-state index in [2.05, 4.69) is 41.5 Å². The Hall–Kier alpha value is -2.62. The summed E-state index contributed by atoms with van der Waals surface area (Å²) in [6.07, 6.45) is 11.6. The molecule has 1 amide bonds. The Morgan fingerprint density at radius 2 is 2.04 bits per heavy atom. The van der Waals surface area contributed by atoms with Gasteiger partial charge < -0.3 is 10.2 Å². The third kappa shape index (κ3) is 2.92. The number of pyridine rings is 1. The van der Waals surface area contributed by atoms with Crippen molar-refractivity contribution in [1.29, 1.82) is 0 Å². The Morgan fingerprint density at radius 3 is 2.82 bits per heavy atom. The van der Waals surface area contributed by atoms with E-state index in [9.17, 15) is 4.79 Å². The molecule has 0 saturated carbocycles. The zero-order valence-electron chi connectivity index (χ0n) is 16.3. The quantitative estimate of drug-likeness (QED) is 0.771. The number of para-hydroxylation sites is 1. The van der Waals surface area contributed by atoms with Crippen molar-refractivity contribution >= 4 is 11.6 Å². The highest BCUT2D eigenvalue weighted by atomic mass is 16.2. The van der Waals surface area contributed by atoms with E-state index < -0.39 is 0 Å². The van der Waals surface area contributed by atoms with Gasteiger partial charge in [-0.15, -0.1) is 0 Å². The van der Waals surface area contributed by atoms with Crippen LogP contribution in [0.15, 0.2) is 54.9 Å². The van der Waals surface area contributed by atoms with E-state index in [1.165, 1.54) is 11.1 Å². The van der Waals surface area contributed by atoms with Crippen molar-refractivity contribution in [1.82, 2.24) is 9.88 Å². The first kappa shape index (κ1) is 17.5. The van der Waals surface area contributed by atoms with Gasteiger partial charge in [-0.3, -0.25) is 9.78 Å². The van der Waals surface area contributed by atoms with Crippen LogP contribution in [0.1, 0.15) is 59.6 Å². The van der Waals surface area contributed by atoms with E-state index in [0.29, 0.717) is 17.8 Å². The number of hydrogen-bond acceptors (Lipinski definition) is 3. The molecule has 3 unspecified atom stereocenters. The normalized spacial score (nSPS) is 26.5. The molecule has 144 valence electrons. The van der Waals surface area contributed by atoms with E-state index in [4.69, 9.17) is 0 Å². The first-order chi connectivity index (χ1) is 13.7. The number of nitrogens with one attached hydrogen (secondary N) is 1. The minimum atomic E-state index is 0.168. The maximum atomic E-state index is 13.4. The molecule has 5 rings (SSSR count). The Labute approximate surface area is 166 Å². The number of likely N-dealkylation sites (tertiary alicyclic amines) is 1.